The molecule has 4 N–H and O–H groups in total. The molecule has 34 heavy (non-hydrogen) atoms. The molecule has 3 atom stereocenters. The van der Waals surface area contributed by atoms with Gasteiger partial charge < -0.3 is 10.4 Å². The second kappa shape index (κ2) is 9.97. The summed E-state index contributed by atoms with van der Waals surface area (Å²) in [6.45, 7) is 2.34. The summed E-state index contributed by atoms with van der Waals surface area (Å²) < 4.78 is 28.4. The molecule has 11 nitrogen and oxygen atoms in total. The summed E-state index contributed by atoms with van der Waals surface area (Å²) in [6, 6.07) is 9.46. The lowest BCUT2D eigenvalue weighted by atomic mass is 10.1. The number of carbonyl (C=O) groups is 1. The van der Waals surface area contributed by atoms with Crippen molar-refractivity contribution in [1.82, 2.24) is 19.7 Å². The Hall–Kier alpha value is -3.19. The van der Waals surface area contributed by atoms with Gasteiger partial charge in [-0.3, -0.25) is 13.7 Å². The first-order valence-electron chi connectivity index (χ1n) is 10.7. The minimum atomic E-state index is -4.09. The lowest BCUT2D eigenvalue weighted by Gasteiger charge is -2.15. The number of hydrogen-bond acceptors (Lipinski definition) is 9. The molecular weight excluding hydrogens is 460 g/mol. The average Bonchev–Trinajstić information content (AvgIpc) is 3.38. The van der Waals surface area contributed by atoms with Crippen LogP contribution in [0.5, 0.6) is 0 Å². The Kier molecular flexibility index (Phi) is 7.03. The molecule has 3 aromatic rings. The number of nitrogens with zero attached hydrogens (tertiary/aromatic N) is 4. The van der Waals surface area contributed by atoms with Crippen LogP contribution >= 0.6 is 0 Å². The molecule has 0 bridgehead atoms. The van der Waals surface area contributed by atoms with Crippen LogP contribution in [0.25, 0.3) is 0 Å². The molecule has 1 aromatic carbocycles. The molecule has 0 amide bonds. The molecule has 0 spiro atoms. The summed E-state index contributed by atoms with van der Waals surface area (Å²) in [7, 11) is -4.09. The van der Waals surface area contributed by atoms with Crippen molar-refractivity contribution in [3.05, 3.63) is 71.4 Å². The predicted molar refractivity (Wildman–Crippen MR) is 123 cm³/mol. The first-order chi connectivity index (χ1) is 16.2. The van der Waals surface area contributed by atoms with Gasteiger partial charge in [-0.2, -0.15) is 13.5 Å². The highest BCUT2D eigenvalue weighted by Crippen LogP contribution is 2.30. The van der Waals surface area contributed by atoms with Crippen LogP contribution in [-0.4, -0.2) is 57.8 Å². The van der Waals surface area contributed by atoms with Crippen LogP contribution in [0.1, 0.15) is 40.0 Å². The quantitative estimate of drug-likeness (QED) is 0.375. The summed E-state index contributed by atoms with van der Waals surface area (Å²) in [6.07, 6.45) is 4.46. The number of carbonyl (C=O) groups excluding carboxylic acids is 1. The number of ketones is 1. The maximum Gasteiger partial charge on any atom is 0.333 e. The Labute approximate surface area is 197 Å². The molecule has 2 aromatic heterocycles. The van der Waals surface area contributed by atoms with Crippen LogP contribution in [0.4, 0.5) is 5.82 Å². The number of rotatable bonds is 9. The van der Waals surface area contributed by atoms with Crippen LogP contribution in [0, 0.1) is 12.8 Å². The number of hydrogen-bond donors (Lipinski definition) is 3. The Morgan fingerprint density at radius 2 is 2.15 bits per heavy atom. The van der Waals surface area contributed by atoms with Crippen molar-refractivity contribution in [2.45, 2.75) is 38.5 Å². The fraction of sp³-hybridized carbons (Fsp3) is 0.364. The van der Waals surface area contributed by atoms with Crippen LogP contribution in [-0.2, 0) is 21.0 Å². The normalized spacial score (nSPS) is 20.4. The maximum atomic E-state index is 13.2. The van der Waals surface area contributed by atoms with E-state index in [9.17, 15) is 18.3 Å². The number of aromatic nitrogens is 4. The summed E-state index contributed by atoms with van der Waals surface area (Å²) in [4.78, 5) is 21.3. The van der Waals surface area contributed by atoms with Gasteiger partial charge in [0.15, 0.2) is 0 Å². The van der Waals surface area contributed by atoms with Gasteiger partial charge in [0.25, 0.3) is 0 Å². The second-order valence-corrected chi connectivity index (χ2v) is 9.64. The standard InChI is InChI=1S/C22H26N6O5S/c1-14-3-2-4-15(7-14)11-28-6-5-19(27-28)21(30)18-10-24-13-25-22(18)26-17-8-16(20(29)9-17)12-33-34(23,31)32/h2-7,10,13,16-17,20,29H,8-9,11-12H2,1H3,(H2,23,31,32)(H,24,25,26)/t16-,17-,20+/m1/s1. The SMILES string of the molecule is Cc1cccc(Cn2ccc(C(=O)c3cncnc3N[C@@H]3C[C@H](COS(N)(=O)=O)[C@@H](O)C3)n2)c1. The number of nitrogens with two attached hydrogens (primary N) is 1. The Morgan fingerprint density at radius 1 is 1.32 bits per heavy atom. The van der Waals surface area contributed by atoms with E-state index in [0.29, 0.717) is 25.2 Å². The molecule has 1 fully saturated rings. The number of aliphatic hydroxyl groups excluding tert-OH is 1. The summed E-state index contributed by atoms with van der Waals surface area (Å²) in [5.74, 6) is -0.439. The molecule has 0 saturated heterocycles. The van der Waals surface area contributed by atoms with E-state index >= 15 is 0 Å². The minimum absolute atomic E-state index is 0.216. The highest BCUT2D eigenvalue weighted by atomic mass is 32.2. The topological polar surface area (TPSA) is 162 Å². The van der Waals surface area contributed by atoms with Gasteiger partial charge in [0.1, 0.15) is 17.8 Å². The molecule has 180 valence electrons. The van der Waals surface area contributed by atoms with E-state index < -0.39 is 22.3 Å². The Morgan fingerprint density at radius 3 is 2.91 bits per heavy atom. The van der Waals surface area contributed by atoms with E-state index in [1.165, 1.54) is 12.5 Å². The molecular formula is C22H26N6O5S. The summed E-state index contributed by atoms with van der Waals surface area (Å²) in [5, 5.41) is 22.7. The van der Waals surface area contributed by atoms with Crippen LogP contribution < -0.4 is 10.5 Å². The van der Waals surface area contributed by atoms with Gasteiger partial charge in [0.05, 0.1) is 24.8 Å². The minimum Gasteiger partial charge on any atom is -0.393 e. The highest BCUT2D eigenvalue weighted by molar-refractivity contribution is 7.84. The molecule has 1 aliphatic rings. The van der Waals surface area contributed by atoms with Crippen molar-refractivity contribution in [1.29, 1.82) is 0 Å². The van der Waals surface area contributed by atoms with E-state index in [4.69, 9.17) is 5.14 Å². The first-order valence-corrected chi connectivity index (χ1v) is 12.2. The first kappa shape index (κ1) is 24.0. The van der Waals surface area contributed by atoms with E-state index in [-0.39, 0.29) is 29.7 Å². The van der Waals surface area contributed by atoms with Crippen molar-refractivity contribution < 1.29 is 22.5 Å². The lowest BCUT2D eigenvalue weighted by Crippen LogP contribution is -2.24. The van der Waals surface area contributed by atoms with Crippen molar-refractivity contribution in [2.24, 2.45) is 11.1 Å². The molecule has 1 aliphatic carbocycles. The average molecular weight is 487 g/mol. The van der Waals surface area contributed by atoms with E-state index in [0.717, 1.165) is 11.1 Å². The lowest BCUT2D eigenvalue weighted by molar-refractivity contribution is 0.101. The molecule has 2 heterocycles. The molecule has 12 heteroatoms. The van der Waals surface area contributed by atoms with Crippen molar-refractivity contribution in [3.63, 3.8) is 0 Å². The third-order valence-corrected chi connectivity index (χ3v) is 6.17. The third-order valence-electron chi connectivity index (χ3n) is 5.70. The zero-order valence-corrected chi connectivity index (χ0v) is 19.4. The van der Waals surface area contributed by atoms with Gasteiger partial charge in [-0.15, -0.1) is 0 Å². The molecule has 0 radical (unpaired) electrons. The van der Waals surface area contributed by atoms with Crippen molar-refractivity contribution in [2.75, 3.05) is 11.9 Å². The Balaban J connectivity index is 1.44. The van der Waals surface area contributed by atoms with Gasteiger partial charge >= 0.3 is 10.3 Å². The summed E-state index contributed by atoms with van der Waals surface area (Å²) >= 11 is 0. The van der Waals surface area contributed by atoms with E-state index in [2.05, 4.69) is 30.6 Å². The second-order valence-electron chi connectivity index (χ2n) is 8.42. The van der Waals surface area contributed by atoms with Gasteiger partial charge in [0, 0.05) is 24.4 Å². The Bertz CT molecular complexity index is 1280. The number of anilines is 1. The predicted octanol–water partition coefficient (Wildman–Crippen LogP) is 1.03. The zero-order chi connectivity index (χ0) is 24.3. The van der Waals surface area contributed by atoms with E-state index in [1.807, 2.05) is 25.1 Å². The van der Waals surface area contributed by atoms with Crippen LogP contribution in [0.3, 0.4) is 0 Å². The third kappa shape index (κ3) is 6.03. The zero-order valence-electron chi connectivity index (χ0n) is 18.5. The number of aryl methyl sites for hydroxylation is 1. The van der Waals surface area contributed by atoms with Gasteiger partial charge in [-0.1, -0.05) is 29.8 Å². The fourth-order valence-electron chi connectivity index (χ4n) is 4.09. The molecule has 4 rings (SSSR count). The molecule has 0 unspecified atom stereocenters. The van der Waals surface area contributed by atoms with Gasteiger partial charge in [-0.05, 0) is 31.4 Å². The smallest absolute Gasteiger partial charge is 0.333 e. The summed E-state index contributed by atoms with van der Waals surface area (Å²) in [5.41, 5.74) is 2.74. The van der Waals surface area contributed by atoms with Crippen LogP contribution in [0.15, 0.2) is 49.1 Å². The molecule has 0 aliphatic heterocycles. The number of nitrogens with one attached hydrogen (secondary N) is 1. The fourth-order valence-corrected chi connectivity index (χ4v) is 4.46. The maximum absolute atomic E-state index is 13.2. The number of aliphatic hydroxyl groups is 1. The largest absolute Gasteiger partial charge is 0.393 e. The van der Waals surface area contributed by atoms with Crippen LogP contribution in [0.2, 0.25) is 0 Å². The van der Waals surface area contributed by atoms with Gasteiger partial charge in [-0.25, -0.2) is 15.1 Å². The highest BCUT2D eigenvalue weighted by Gasteiger charge is 2.34. The monoisotopic (exact) mass is 486 g/mol. The van der Waals surface area contributed by atoms with Crippen molar-refractivity contribution >= 4 is 21.9 Å². The van der Waals surface area contributed by atoms with Crippen molar-refractivity contribution in [3.8, 4) is 0 Å². The molecule has 1 saturated carbocycles. The van der Waals surface area contributed by atoms with Gasteiger partial charge in [0.2, 0.25) is 5.78 Å². The van der Waals surface area contributed by atoms with E-state index in [1.54, 1.807) is 16.9 Å². The number of benzene rings is 1.